The third kappa shape index (κ3) is 21.5. The quantitative estimate of drug-likeness (QED) is 0.0862. The highest BCUT2D eigenvalue weighted by molar-refractivity contribution is 5.85. The number of ether oxygens (including phenoxy) is 1. The van der Waals surface area contributed by atoms with Gasteiger partial charge in [0.25, 0.3) is 0 Å². The number of esters is 1. The summed E-state index contributed by atoms with van der Waals surface area (Å²) in [5.41, 5.74) is -0.864. The summed E-state index contributed by atoms with van der Waals surface area (Å²) < 4.78 is 5.19. The van der Waals surface area contributed by atoms with Crippen molar-refractivity contribution in [2.45, 2.75) is 84.7 Å². The summed E-state index contributed by atoms with van der Waals surface area (Å²) in [7, 11) is 0. The van der Waals surface area contributed by atoms with Gasteiger partial charge < -0.3 is 20.3 Å². The summed E-state index contributed by atoms with van der Waals surface area (Å²) in [6.45, 7) is 5.94. The lowest BCUT2D eigenvalue weighted by Crippen LogP contribution is -2.43. The van der Waals surface area contributed by atoms with E-state index in [1.165, 1.54) is 0 Å². The Labute approximate surface area is 230 Å². The van der Waals surface area contributed by atoms with Gasteiger partial charge in [0.1, 0.15) is 6.10 Å². The number of carbonyl (C=O) groups excluding carboxylic acids is 2. The van der Waals surface area contributed by atoms with Gasteiger partial charge in [-0.25, -0.2) is 0 Å². The number of allylic oxidation sites excluding steroid dienone is 12. The summed E-state index contributed by atoms with van der Waals surface area (Å²) in [6, 6.07) is 0. The van der Waals surface area contributed by atoms with Crippen molar-refractivity contribution in [1.29, 1.82) is 0 Å². The number of rotatable bonds is 23. The van der Waals surface area contributed by atoms with Crippen LogP contribution >= 0.6 is 0 Å². The van der Waals surface area contributed by atoms with Crippen molar-refractivity contribution in [3.63, 3.8) is 0 Å². The monoisotopic (exact) mass is 529 g/mol. The molecule has 0 aliphatic rings. The third-order valence-electron chi connectivity index (χ3n) is 5.62. The maximum atomic E-state index is 11.9. The van der Waals surface area contributed by atoms with E-state index in [0.717, 1.165) is 38.5 Å². The van der Waals surface area contributed by atoms with Crippen LogP contribution in [0.2, 0.25) is 0 Å². The van der Waals surface area contributed by atoms with Crippen LogP contribution in [-0.4, -0.2) is 54.4 Å². The number of carbonyl (C=O) groups is 2. The van der Waals surface area contributed by atoms with Crippen LogP contribution in [0.25, 0.3) is 0 Å². The summed E-state index contributed by atoms with van der Waals surface area (Å²) in [4.78, 5) is 23.7. The fraction of sp³-hybridized carbons (Fsp3) is 0.562. The molecule has 0 aliphatic carbocycles. The maximum Gasteiger partial charge on any atom is 0.306 e. The average molecular weight is 530 g/mol. The van der Waals surface area contributed by atoms with Crippen LogP contribution in [-0.2, 0) is 14.3 Å². The van der Waals surface area contributed by atoms with Crippen LogP contribution < -0.4 is 5.32 Å². The van der Waals surface area contributed by atoms with Crippen molar-refractivity contribution >= 4 is 11.8 Å². The van der Waals surface area contributed by atoms with E-state index in [1.807, 2.05) is 6.08 Å². The molecule has 0 aromatic carbocycles. The summed E-state index contributed by atoms with van der Waals surface area (Å²) in [6.07, 6.45) is 32.0. The van der Waals surface area contributed by atoms with Crippen molar-refractivity contribution in [3.8, 4) is 0 Å². The second-order valence-corrected chi connectivity index (χ2v) is 9.72. The van der Waals surface area contributed by atoms with E-state index in [2.05, 4.69) is 79.1 Å². The van der Waals surface area contributed by atoms with Gasteiger partial charge in [0, 0.05) is 11.8 Å². The lowest BCUT2D eigenvalue weighted by atomic mass is 9.85. The molecule has 0 aromatic heterocycles. The minimum Gasteiger partial charge on any atom is -0.466 e. The summed E-state index contributed by atoms with van der Waals surface area (Å²) >= 11 is 0. The molecule has 0 aromatic rings. The Morgan fingerprint density at radius 3 is 1.76 bits per heavy atom. The van der Waals surface area contributed by atoms with Gasteiger partial charge in [-0.2, -0.15) is 0 Å². The van der Waals surface area contributed by atoms with Crippen LogP contribution in [0.3, 0.4) is 0 Å². The third-order valence-corrected chi connectivity index (χ3v) is 5.62. The van der Waals surface area contributed by atoms with Gasteiger partial charge in [-0.1, -0.05) is 93.7 Å². The second kappa shape index (κ2) is 24.8. The fourth-order valence-electron chi connectivity index (χ4n) is 3.13. The van der Waals surface area contributed by atoms with E-state index in [1.54, 1.807) is 13.8 Å². The number of aliphatic hydroxyl groups excluding tert-OH is 2. The molecule has 38 heavy (non-hydrogen) atoms. The van der Waals surface area contributed by atoms with Crippen LogP contribution in [0.4, 0.5) is 0 Å². The van der Waals surface area contributed by atoms with Crippen molar-refractivity contribution in [1.82, 2.24) is 5.32 Å². The molecule has 1 atom stereocenters. The van der Waals surface area contributed by atoms with Crippen molar-refractivity contribution < 1.29 is 24.5 Å². The number of nitrogens with one attached hydrogen (secondary N) is 1. The molecule has 0 saturated carbocycles. The highest BCUT2D eigenvalue weighted by atomic mass is 16.5. The molecule has 0 heterocycles. The van der Waals surface area contributed by atoms with Gasteiger partial charge in [0.2, 0.25) is 0 Å². The van der Waals surface area contributed by atoms with Crippen LogP contribution in [0, 0.1) is 5.41 Å². The molecule has 0 radical (unpaired) electrons. The van der Waals surface area contributed by atoms with Gasteiger partial charge in [0.15, 0.2) is 5.78 Å². The normalized spacial score (nSPS) is 13.8. The number of aliphatic hydroxyl groups is 2. The summed E-state index contributed by atoms with van der Waals surface area (Å²) in [5, 5.41) is 22.1. The number of Topliss-reactive ketones (excluding diaryl/α,β-unsaturated/α-hetero) is 1. The molecular formula is C32H51NO5. The molecule has 6 heteroatoms. The molecule has 1 unspecified atom stereocenters. The first-order chi connectivity index (χ1) is 18.3. The SMILES string of the molecule is CC/C=C\C/C=C\C/C=C\C/C=C\C/C=C\C/C=C\CCC(=O)OCCCNCC(=O)C(O)C(C)(C)CO. The first-order valence-corrected chi connectivity index (χ1v) is 13.9. The molecule has 0 spiro atoms. The molecule has 0 aliphatic heterocycles. The Bertz CT molecular complexity index is 790. The number of ketones is 1. The Morgan fingerprint density at radius 2 is 1.29 bits per heavy atom. The highest BCUT2D eigenvalue weighted by Gasteiger charge is 2.32. The molecule has 6 nitrogen and oxygen atoms in total. The van der Waals surface area contributed by atoms with Gasteiger partial charge in [-0.05, 0) is 57.9 Å². The van der Waals surface area contributed by atoms with E-state index in [-0.39, 0.29) is 31.5 Å². The summed E-state index contributed by atoms with van der Waals surface area (Å²) in [5.74, 6) is -0.599. The van der Waals surface area contributed by atoms with Crippen LogP contribution in [0.5, 0.6) is 0 Å². The standard InChI is InChI=1S/C32H51NO5/c1-4-5-6-7-8-9-10-11-12-13-14-15-16-17-18-19-20-21-22-24-30(36)38-26-23-25-33-27-29(35)31(37)32(2,3)28-34/h5-6,8-9,11-12,14-15,17-18,20-21,31,33-34,37H,4,7,10,13,16,19,22-28H2,1-3H3/b6-5-,9-8-,12-11-,15-14-,18-17-,21-20-. The second-order valence-electron chi connectivity index (χ2n) is 9.72. The fourth-order valence-corrected chi connectivity index (χ4v) is 3.13. The first-order valence-electron chi connectivity index (χ1n) is 13.9. The Hall–Kier alpha value is -2.54. The lowest BCUT2D eigenvalue weighted by molar-refractivity contribution is -0.143. The molecule has 0 rings (SSSR count). The van der Waals surface area contributed by atoms with Crippen molar-refractivity contribution in [2.24, 2.45) is 5.41 Å². The van der Waals surface area contributed by atoms with E-state index in [0.29, 0.717) is 25.8 Å². The number of hydrogen-bond donors (Lipinski definition) is 3. The van der Waals surface area contributed by atoms with Gasteiger partial charge >= 0.3 is 5.97 Å². The van der Waals surface area contributed by atoms with Crippen molar-refractivity contribution in [3.05, 3.63) is 72.9 Å². The maximum absolute atomic E-state index is 11.9. The minimum absolute atomic E-state index is 0.0151. The Kier molecular flexibility index (Phi) is 23.1. The zero-order valence-electron chi connectivity index (χ0n) is 23.8. The predicted molar refractivity (Wildman–Crippen MR) is 158 cm³/mol. The van der Waals surface area contributed by atoms with E-state index in [9.17, 15) is 19.8 Å². The van der Waals surface area contributed by atoms with Crippen LogP contribution in [0.1, 0.15) is 78.6 Å². The smallest absolute Gasteiger partial charge is 0.306 e. The zero-order chi connectivity index (χ0) is 28.3. The minimum atomic E-state index is -1.22. The average Bonchev–Trinajstić information content (AvgIpc) is 2.91. The molecule has 214 valence electrons. The topological polar surface area (TPSA) is 95.9 Å². The molecule has 0 amide bonds. The highest BCUT2D eigenvalue weighted by Crippen LogP contribution is 2.19. The van der Waals surface area contributed by atoms with Crippen LogP contribution in [0.15, 0.2) is 72.9 Å². The molecule has 0 bridgehead atoms. The van der Waals surface area contributed by atoms with Gasteiger partial charge in [0.05, 0.1) is 19.8 Å². The molecule has 3 N–H and O–H groups in total. The number of hydrogen-bond acceptors (Lipinski definition) is 6. The molecular weight excluding hydrogens is 478 g/mol. The van der Waals surface area contributed by atoms with E-state index in [4.69, 9.17) is 4.74 Å². The largest absolute Gasteiger partial charge is 0.466 e. The molecule has 0 fully saturated rings. The van der Waals surface area contributed by atoms with Gasteiger partial charge in [-0.15, -0.1) is 0 Å². The lowest BCUT2D eigenvalue weighted by Gasteiger charge is -2.27. The van der Waals surface area contributed by atoms with Gasteiger partial charge in [-0.3, -0.25) is 9.59 Å². The van der Waals surface area contributed by atoms with E-state index < -0.39 is 11.5 Å². The predicted octanol–water partition coefficient (Wildman–Crippen LogP) is 5.94. The first kappa shape index (κ1) is 35.5. The van der Waals surface area contributed by atoms with E-state index >= 15 is 0 Å². The van der Waals surface area contributed by atoms with Crippen molar-refractivity contribution in [2.75, 3.05) is 26.3 Å². The zero-order valence-corrected chi connectivity index (χ0v) is 23.8. The Morgan fingerprint density at radius 1 is 0.816 bits per heavy atom. The molecule has 0 saturated heterocycles. The Balaban J connectivity index is 3.67.